The van der Waals surface area contributed by atoms with Gasteiger partial charge in [-0.05, 0) is 13.5 Å². The maximum absolute atomic E-state index is 5.24. The van der Waals surface area contributed by atoms with Gasteiger partial charge in [0.25, 0.3) is 0 Å². The molecule has 2 unspecified atom stereocenters. The lowest BCUT2D eigenvalue weighted by atomic mass is 10.1. The van der Waals surface area contributed by atoms with Crippen LogP contribution in [0.5, 0.6) is 0 Å². The zero-order chi connectivity index (χ0) is 12.0. The summed E-state index contributed by atoms with van der Waals surface area (Å²) in [5, 5.41) is 6.69. The van der Waals surface area contributed by atoms with E-state index in [1.807, 2.05) is 0 Å². The van der Waals surface area contributed by atoms with Crippen molar-refractivity contribution in [3.8, 4) is 0 Å². The molecule has 0 aliphatic carbocycles. The number of hydrogen-bond acceptors (Lipinski definition) is 4. The molecule has 0 radical (unpaired) electrons. The second-order valence-electron chi connectivity index (χ2n) is 4.13. The molecule has 16 heavy (non-hydrogen) atoms. The second-order valence-corrected chi connectivity index (χ2v) is 5.07. The Bertz CT molecular complexity index is 301. The molecule has 0 aliphatic rings. The van der Waals surface area contributed by atoms with Crippen molar-refractivity contribution in [2.45, 2.75) is 39.2 Å². The van der Waals surface area contributed by atoms with E-state index in [4.69, 9.17) is 4.74 Å². The van der Waals surface area contributed by atoms with Crippen LogP contribution in [0.4, 0.5) is 0 Å². The number of aromatic nitrogens is 1. The molecule has 0 aliphatic heterocycles. The van der Waals surface area contributed by atoms with E-state index >= 15 is 0 Å². The summed E-state index contributed by atoms with van der Waals surface area (Å²) >= 11 is 1.74. The molecule has 2 atom stereocenters. The van der Waals surface area contributed by atoms with Gasteiger partial charge in [-0.15, -0.1) is 11.3 Å². The van der Waals surface area contributed by atoms with Crippen LogP contribution in [-0.4, -0.2) is 31.3 Å². The number of nitrogens with zero attached hydrogens (tertiary/aromatic N) is 1. The van der Waals surface area contributed by atoms with Gasteiger partial charge < -0.3 is 10.1 Å². The van der Waals surface area contributed by atoms with Crippen molar-refractivity contribution >= 4 is 11.3 Å². The van der Waals surface area contributed by atoms with Crippen LogP contribution < -0.4 is 5.32 Å². The van der Waals surface area contributed by atoms with Gasteiger partial charge in [0.15, 0.2) is 0 Å². The smallest absolute Gasteiger partial charge is 0.0954 e. The Morgan fingerprint density at radius 2 is 2.25 bits per heavy atom. The van der Waals surface area contributed by atoms with Crippen molar-refractivity contribution in [1.82, 2.24) is 10.3 Å². The van der Waals surface area contributed by atoms with Crippen LogP contribution in [0.2, 0.25) is 0 Å². The third kappa shape index (κ3) is 4.20. The predicted molar refractivity (Wildman–Crippen MR) is 69.2 cm³/mol. The van der Waals surface area contributed by atoms with Crippen molar-refractivity contribution < 1.29 is 4.74 Å². The molecule has 1 heterocycles. The van der Waals surface area contributed by atoms with Crippen LogP contribution in [-0.2, 0) is 11.2 Å². The Balaban J connectivity index is 2.50. The van der Waals surface area contributed by atoms with Crippen molar-refractivity contribution in [1.29, 1.82) is 0 Å². The number of ether oxygens (including phenoxy) is 1. The molecule has 1 aromatic heterocycles. The van der Waals surface area contributed by atoms with Crippen molar-refractivity contribution in [3.63, 3.8) is 0 Å². The topological polar surface area (TPSA) is 34.1 Å². The minimum absolute atomic E-state index is 0.253. The van der Waals surface area contributed by atoms with E-state index in [1.165, 1.54) is 10.7 Å². The van der Waals surface area contributed by atoms with E-state index in [-0.39, 0.29) is 6.10 Å². The number of methoxy groups -OCH3 is 1. The van der Waals surface area contributed by atoms with Crippen LogP contribution in [0.25, 0.3) is 0 Å². The summed E-state index contributed by atoms with van der Waals surface area (Å²) in [4.78, 5) is 4.65. The molecular weight excluding hydrogens is 220 g/mol. The Kier molecular flexibility index (Phi) is 5.95. The summed E-state index contributed by atoms with van der Waals surface area (Å²) in [6, 6.07) is 0. The maximum atomic E-state index is 5.24. The Morgan fingerprint density at radius 3 is 2.88 bits per heavy atom. The van der Waals surface area contributed by atoms with Gasteiger partial charge in [-0.2, -0.15) is 0 Å². The average molecular weight is 242 g/mol. The molecule has 0 bridgehead atoms. The molecule has 0 amide bonds. The predicted octanol–water partition coefficient (Wildman–Crippen LogP) is 2.43. The first kappa shape index (κ1) is 13.6. The number of nitrogens with one attached hydrogen (secondary N) is 1. The lowest BCUT2D eigenvalue weighted by molar-refractivity contribution is 0.118. The third-order valence-electron chi connectivity index (χ3n) is 2.64. The molecule has 4 heteroatoms. The van der Waals surface area contributed by atoms with Gasteiger partial charge in [-0.3, -0.25) is 0 Å². The summed E-state index contributed by atoms with van der Waals surface area (Å²) in [6.07, 6.45) is 1.16. The molecule has 0 spiro atoms. The van der Waals surface area contributed by atoms with E-state index in [0.717, 1.165) is 19.5 Å². The fourth-order valence-corrected chi connectivity index (χ4v) is 2.47. The molecule has 0 saturated heterocycles. The number of likely N-dealkylation sites (N-methyl/N-ethyl adjacent to an activating group) is 1. The summed E-state index contributed by atoms with van der Waals surface area (Å²) in [5.74, 6) is 0.489. The molecule has 1 N–H and O–H groups in total. The highest BCUT2D eigenvalue weighted by Gasteiger charge is 2.11. The van der Waals surface area contributed by atoms with E-state index < -0.39 is 0 Å². The van der Waals surface area contributed by atoms with Gasteiger partial charge in [-0.25, -0.2) is 4.98 Å². The Hall–Kier alpha value is -0.450. The van der Waals surface area contributed by atoms with Gasteiger partial charge in [0.05, 0.1) is 16.8 Å². The van der Waals surface area contributed by atoms with Crippen LogP contribution in [0.1, 0.15) is 37.4 Å². The summed E-state index contributed by atoms with van der Waals surface area (Å²) in [5.41, 5.74) is 1.20. The van der Waals surface area contributed by atoms with E-state index in [0.29, 0.717) is 5.92 Å². The monoisotopic (exact) mass is 242 g/mol. The van der Waals surface area contributed by atoms with Crippen LogP contribution in [0.3, 0.4) is 0 Å². The summed E-state index contributed by atoms with van der Waals surface area (Å²) in [6.45, 7) is 8.42. The molecule has 3 nitrogen and oxygen atoms in total. The van der Waals surface area contributed by atoms with Gasteiger partial charge >= 0.3 is 0 Å². The third-order valence-corrected chi connectivity index (χ3v) is 3.53. The normalized spacial score (nSPS) is 15.0. The largest absolute Gasteiger partial charge is 0.381 e. The number of hydrogen-bond donors (Lipinski definition) is 1. The highest BCUT2D eigenvalue weighted by Crippen LogP contribution is 2.19. The first-order valence-electron chi connectivity index (χ1n) is 5.85. The van der Waals surface area contributed by atoms with Crippen LogP contribution in [0, 0.1) is 0 Å². The molecule has 92 valence electrons. The summed E-state index contributed by atoms with van der Waals surface area (Å²) < 4.78 is 5.24. The van der Waals surface area contributed by atoms with Crippen molar-refractivity contribution in [2.75, 3.05) is 20.2 Å². The van der Waals surface area contributed by atoms with Crippen molar-refractivity contribution in [2.24, 2.45) is 0 Å². The highest BCUT2D eigenvalue weighted by molar-refractivity contribution is 7.09. The van der Waals surface area contributed by atoms with E-state index in [9.17, 15) is 0 Å². The molecule has 1 rings (SSSR count). The van der Waals surface area contributed by atoms with Crippen LogP contribution in [0.15, 0.2) is 5.38 Å². The fraction of sp³-hybridized carbons (Fsp3) is 0.750. The molecule has 1 aromatic rings. The zero-order valence-corrected chi connectivity index (χ0v) is 11.4. The standard InChI is InChI=1S/C12H22N2OS/c1-5-13-7-9(2)11-8-16-12(14-11)6-10(3)15-4/h8-10,13H,5-7H2,1-4H3. The maximum Gasteiger partial charge on any atom is 0.0954 e. The number of rotatable bonds is 7. The lowest BCUT2D eigenvalue weighted by Crippen LogP contribution is -2.19. The first-order valence-corrected chi connectivity index (χ1v) is 6.73. The van der Waals surface area contributed by atoms with E-state index in [1.54, 1.807) is 18.4 Å². The van der Waals surface area contributed by atoms with Crippen LogP contribution >= 0.6 is 11.3 Å². The van der Waals surface area contributed by atoms with Gasteiger partial charge in [0, 0.05) is 31.4 Å². The first-order chi connectivity index (χ1) is 7.67. The Morgan fingerprint density at radius 1 is 1.50 bits per heavy atom. The molecule has 0 saturated carbocycles. The fourth-order valence-electron chi connectivity index (χ4n) is 1.44. The Labute approximate surface area is 102 Å². The minimum Gasteiger partial charge on any atom is -0.381 e. The van der Waals surface area contributed by atoms with E-state index in [2.05, 4.69) is 36.5 Å². The highest BCUT2D eigenvalue weighted by atomic mass is 32.1. The minimum atomic E-state index is 0.253. The van der Waals surface area contributed by atoms with Gasteiger partial charge in [-0.1, -0.05) is 13.8 Å². The number of thiazole rings is 1. The molecule has 0 fully saturated rings. The zero-order valence-electron chi connectivity index (χ0n) is 10.6. The SMILES string of the molecule is CCNCC(C)c1csc(CC(C)OC)n1. The molecule has 0 aromatic carbocycles. The summed E-state index contributed by atoms with van der Waals surface area (Å²) in [7, 11) is 1.74. The molecular formula is C12H22N2OS. The quantitative estimate of drug-likeness (QED) is 0.797. The van der Waals surface area contributed by atoms with Gasteiger partial charge in [0.2, 0.25) is 0 Å². The van der Waals surface area contributed by atoms with Crippen molar-refractivity contribution in [3.05, 3.63) is 16.1 Å². The lowest BCUT2D eigenvalue weighted by Gasteiger charge is -2.09. The second kappa shape index (κ2) is 6.99. The van der Waals surface area contributed by atoms with Gasteiger partial charge in [0.1, 0.15) is 0 Å². The average Bonchev–Trinajstić information content (AvgIpc) is 2.74.